The van der Waals surface area contributed by atoms with Gasteiger partial charge in [0.25, 0.3) is 0 Å². The number of nitrogens with zero attached hydrogens (tertiary/aromatic N) is 1. The Hall–Kier alpha value is -1.15. The van der Waals surface area contributed by atoms with Crippen molar-refractivity contribution in [2.75, 3.05) is 31.6 Å². The molecule has 0 aromatic carbocycles. The summed E-state index contributed by atoms with van der Waals surface area (Å²) in [5, 5.41) is 6.96. The molecule has 0 spiro atoms. The summed E-state index contributed by atoms with van der Waals surface area (Å²) < 4.78 is 5.87. The molecule has 0 radical (unpaired) electrons. The molecule has 0 saturated carbocycles. The summed E-state index contributed by atoms with van der Waals surface area (Å²) in [6.07, 6.45) is 0. The molecule has 1 fully saturated rings. The van der Waals surface area contributed by atoms with Crippen LogP contribution in [0.2, 0.25) is 4.34 Å². The minimum atomic E-state index is -0.685. The summed E-state index contributed by atoms with van der Waals surface area (Å²) in [5.74, 6) is -1.33. The zero-order chi connectivity index (χ0) is 16.1. The first-order chi connectivity index (χ1) is 10.5. The molecular formula is C14H20ClN3O3S. The average Bonchev–Trinajstić information content (AvgIpc) is 2.92. The molecule has 1 saturated heterocycles. The predicted molar refractivity (Wildman–Crippen MR) is 87.4 cm³/mol. The summed E-state index contributed by atoms with van der Waals surface area (Å²) in [6.45, 7) is 7.00. The lowest BCUT2D eigenvalue weighted by Crippen LogP contribution is -2.53. The first kappa shape index (κ1) is 17.2. The topological polar surface area (TPSA) is 70.7 Å². The number of thiophene rings is 1. The monoisotopic (exact) mass is 345 g/mol. The number of morpholine rings is 1. The second-order valence-corrected chi connectivity index (χ2v) is 6.79. The molecule has 0 bridgehead atoms. The Morgan fingerprint density at radius 3 is 2.59 bits per heavy atom. The second kappa shape index (κ2) is 7.92. The van der Waals surface area contributed by atoms with Gasteiger partial charge in [0.05, 0.1) is 23.2 Å². The molecule has 122 valence electrons. The number of amides is 2. The van der Waals surface area contributed by atoms with Crippen molar-refractivity contribution in [2.45, 2.75) is 25.9 Å². The van der Waals surface area contributed by atoms with Crippen molar-refractivity contribution in [3.8, 4) is 0 Å². The van der Waals surface area contributed by atoms with Gasteiger partial charge < -0.3 is 15.4 Å². The van der Waals surface area contributed by atoms with Gasteiger partial charge in [0.15, 0.2) is 0 Å². The van der Waals surface area contributed by atoms with Crippen LogP contribution in [0.25, 0.3) is 0 Å². The Kier molecular flexibility index (Phi) is 6.19. The molecule has 2 unspecified atom stereocenters. The summed E-state index contributed by atoms with van der Waals surface area (Å²) in [7, 11) is 0. The molecule has 0 aliphatic carbocycles. The maximum Gasteiger partial charge on any atom is 0.313 e. The number of halogens is 1. The van der Waals surface area contributed by atoms with E-state index in [-0.39, 0.29) is 12.1 Å². The number of ether oxygens (including phenoxy) is 1. The van der Waals surface area contributed by atoms with Gasteiger partial charge in [-0.2, -0.15) is 0 Å². The van der Waals surface area contributed by atoms with Gasteiger partial charge in [-0.15, -0.1) is 11.3 Å². The van der Waals surface area contributed by atoms with E-state index in [0.717, 1.165) is 13.1 Å². The van der Waals surface area contributed by atoms with E-state index in [1.165, 1.54) is 11.3 Å². The molecule has 1 aliphatic heterocycles. The molecule has 2 N–H and O–H groups in total. The Balaban J connectivity index is 1.83. The smallest absolute Gasteiger partial charge is 0.313 e. The lowest BCUT2D eigenvalue weighted by molar-refractivity contribution is -0.136. The average molecular weight is 346 g/mol. The standard InChI is InChI=1S/C14H20ClN3O3S/c1-9(10(2)18-3-5-21-6-4-18)16-13(19)14(20)17-11-7-12(15)22-8-11/h7-10H,3-6H2,1-2H3,(H,16,19)(H,17,20). The fourth-order valence-corrected chi connectivity index (χ4v) is 3.07. The minimum Gasteiger partial charge on any atom is -0.379 e. The van der Waals surface area contributed by atoms with Gasteiger partial charge >= 0.3 is 11.8 Å². The van der Waals surface area contributed by atoms with Crippen molar-refractivity contribution in [3.05, 3.63) is 15.8 Å². The third-order valence-corrected chi connectivity index (χ3v) is 4.83. The van der Waals surface area contributed by atoms with Crippen LogP contribution < -0.4 is 10.6 Å². The number of anilines is 1. The number of hydrogen-bond donors (Lipinski definition) is 2. The van der Waals surface area contributed by atoms with E-state index in [1.807, 2.05) is 13.8 Å². The first-order valence-electron chi connectivity index (χ1n) is 7.15. The Labute approximate surface area is 138 Å². The highest BCUT2D eigenvalue weighted by atomic mass is 35.5. The summed E-state index contributed by atoms with van der Waals surface area (Å²) in [5.41, 5.74) is 0.532. The number of nitrogens with one attached hydrogen (secondary N) is 2. The fraction of sp³-hybridized carbons (Fsp3) is 0.571. The van der Waals surface area contributed by atoms with E-state index in [9.17, 15) is 9.59 Å². The summed E-state index contributed by atoms with van der Waals surface area (Å²) in [6, 6.07) is 1.61. The van der Waals surface area contributed by atoms with E-state index >= 15 is 0 Å². The number of hydrogen-bond acceptors (Lipinski definition) is 5. The third kappa shape index (κ3) is 4.67. The van der Waals surface area contributed by atoms with E-state index in [2.05, 4.69) is 15.5 Å². The maximum atomic E-state index is 12.0. The van der Waals surface area contributed by atoms with Gasteiger partial charge in [0.1, 0.15) is 0 Å². The fourth-order valence-electron chi connectivity index (χ4n) is 2.26. The highest BCUT2D eigenvalue weighted by molar-refractivity contribution is 7.14. The van der Waals surface area contributed by atoms with Crippen LogP contribution in [0, 0.1) is 0 Å². The largest absolute Gasteiger partial charge is 0.379 e. The molecule has 22 heavy (non-hydrogen) atoms. The van der Waals surface area contributed by atoms with Crippen molar-refractivity contribution >= 4 is 40.4 Å². The van der Waals surface area contributed by atoms with Gasteiger partial charge in [-0.3, -0.25) is 14.5 Å². The van der Waals surface area contributed by atoms with Gasteiger partial charge in [0, 0.05) is 30.6 Å². The molecule has 6 nitrogen and oxygen atoms in total. The summed E-state index contributed by atoms with van der Waals surface area (Å²) >= 11 is 7.08. The molecule has 2 amide bonds. The number of carbonyl (C=O) groups is 2. The highest BCUT2D eigenvalue weighted by Crippen LogP contribution is 2.23. The Bertz CT molecular complexity index is 531. The maximum absolute atomic E-state index is 12.0. The van der Waals surface area contributed by atoms with Crippen LogP contribution in [0.3, 0.4) is 0 Å². The van der Waals surface area contributed by atoms with Gasteiger partial charge in [-0.1, -0.05) is 11.6 Å². The molecular weight excluding hydrogens is 326 g/mol. The van der Waals surface area contributed by atoms with E-state index in [1.54, 1.807) is 11.4 Å². The van der Waals surface area contributed by atoms with Crippen molar-refractivity contribution in [1.82, 2.24) is 10.2 Å². The van der Waals surface area contributed by atoms with Crippen LogP contribution in [0.4, 0.5) is 5.69 Å². The third-order valence-electron chi connectivity index (χ3n) is 3.74. The first-order valence-corrected chi connectivity index (χ1v) is 8.41. The zero-order valence-corrected chi connectivity index (χ0v) is 14.2. The lowest BCUT2D eigenvalue weighted by Gasteiger charge is -2.35. The van der Waals surface area contributed by atoms with Crippen molar-refractivity contribution in [3.63, 3.8) is 0 Å². The van der Waals surface area contributed by atoms with Crippen LogP contribution in [-0.4, -0.2) is 55.1 Å². The van der Waals surface area contributed by atoms with E-state index in [4.69, 9.17) is 16.3 Å². The van der Waals surface area contributed by atoms with Crippen molar-refractivity contribution in [2.24, 2.45) is 0 Å². The van der Waals surface area contributed by atoms with E-state index < -0.39 is 11.8 Å². The Morgan fingerprint density at radius 2 is 2.00 bits per heavy atom. The molecule has 1 aromatic rings. The van der Waals surface area contributed by atoms with Gasteiger partial charge in [-0.25, -0.2) is 0 Å². The molecule has 8 heteroatoms. The molecule has 1 aromatic heterocycles. The van der Waals surface area contributed by atoms with Crippen molar-refractivity contribution in [1.29, 1.82) is 0 Å². The van der Waals surface area contributed by atoms with Crippen LogP contribution >= 0.6 is 22.9 Å². The van der Waals surface area contributed by atoms with Crippen LogP contribution in [0.1, 0.15) is 13.8 Å². The van der Waals surface area contributed by atoms with Gasteiger partial charge in [0.2, 0.25) is 0 Å². The minimum absolute atomic E-state index is 0.135. The second-order valence-electron chi connectivity index (χ2n) is 5.24. The van der Waals surface area contributed by atoms with Crippen LogP contribution in [-0.2, 0) is 14.3 Å². The SMILES string of the molecule is CC(NC(=O)C(=O)Nc1csc(Cl)c1)C(C)N1CCOCC1. The molecule has 2 heterocycles. The number of rotatable bonds is 4. The normalized spacial score (nSPS) is 18.5. The van der Waals surface area contributed by atoms with Crippen LogP contribution in [0.5, 0.6) is 0 Å². The van der Waals surface area contributed by atoms with Crippen LogP contribution in [0.15, 0.2) is 11.4 Å². The highest BCUT2D eigenvalue weighted by Gasteiger charge is 2.25. The molecule has 1 aliphatic rings. The summed E-state index contributed by atoms with van der Waals surface area (Å²) in [4.78, 5) is 26.1. The van der Waals surface area contributed by atoms with Crippen molar-refractivity contribution < 1.29 is 14.3 Å². The molecule has 2 atom stereocenters. The Morgan fingerprint density at radius 1 is 1.32 bits per heavy atom. The number of carbonyl (C=O) groups excluding carboxylic acids is 2. The quantitative estimate of drug-likeness (QED) is 0.813. The predicted octanol–water partition coefficient (Wildman–Crippen LogP) is 1.57. The van der Waals surface area contributed by atoms with Gasteiger partial charge in [-0.05, 0) is 19.9 Å². The van der Waals surface area contributed by atoms with E-state index in [0.29, 0.717) is 23.2 Å². The molecule has 2 rings (SSSR count). The zero-order valence-electron chi connectivity index (χ0n) is 12.6. The lowest BCUT2D eigenvalue weighted by atomic mass is 10.1.